The molecule has 0 amide bonds. The first-order valence-corrected chi connectivity index (χ1v) is 9.91. The van der Waals surface area contributed by atoms with Crippen molar-refractivity contribution in [2.45, 2.75) is 91.4 Å². The molecular formula is C20H38O5. The van der Waals surface area contributed by atoms with Gasteiger partial charge >= 0.3 is 0 Å². The van der Waals surface area contributed by atoms with Gasteiger partial charge < -0.3 is 23.7 Å². The summed E-state index contributed by atoms with van der Waals surface area (Å²) in [5.74, 6) is 1.28. The highest BCUT2D eigenvalue weighted by molar-refractivity contribution is 4.89. The second-order valence-corrected chi connectivity index (χ2v) is 7.88. The lowest BCUT2D eigenvalue weighted by Gasteiger charge is -2.49. The quantitative estimate of drug-likeness (QED) is 0.722. The van der Waals surface area contributed by atoms with Crippen molar-refractivity contribution in [2.24, 2.45) is 23.7 Å². The fraction of sp³-hybridized carbons (Fsp3) is 1.00. The first-order chi connectivity index (χ1) is 11.9. The van der Waals surface area contributed by atoms with E-state index in [0.29, 0.717) is 11.8 Å². The summed E-state index contributed by atoms with van der Waals surface area (Å²) in [6.07, 6.45) is 1.68. The molecule has 0 N–H and O–H groups in total. The molecule has 25 heavy (non-hydrogen) atoms. The van der Waals surface area contributed by atoms with Gasteiger partial charge in [-0.3, -0.25) is 0 Å². The van der Waals surface area contributed by atoms with E-state index in [4.69, 9.17) is 23.7 Å². The van der Waals surface area contributed by atoms with Crippen molar-refractivity contribution >= 4 is 0 Å². The fourth-order valence-corrected chi connectivity index (χ4v) is 4.33. The predicted molar refractivity (Wildman–Crippen MR) is 97.2 cm³/mol. The van der Waals surface area contributed by atoms with Crippen molar-refractivity contribution in [1.82, 2.24) is 0 Å². The van der Waals surface area contributed by atoms with Crippen molar-refractivity contribution in [2.75, 3.05) is 14.2 Å². The summed E-state index contributed by atoms with van der Waals surface area (Å²) in [5, 5.41) is 0. The average molecular weight is 359 g/mol. The molecule has 2 aliphatic heterocycles. The lowest BCUT2D eigenvalue weighted by molar-refractivity contribution is -0.326. The normalized spacial score (nSPS) is 48.5. The van der Waals surface area contributed by atoms with Crippen LogP contribution >= 0.6 is 0 Å². The number of hydrogen-bond donors (Lipinski definition) is 0. The van der Waals surface area contributed by atoms with Crippen LogP contribution in [0.2, 0.25) is 0 Å². The van der Waals surface area contributed by atoms with E-state index < -0.39 is 0 Å². The molecule has 0 radical (unpaired) electrons. The zero-order valence-electron chi connectivity index (χ0n) is 17.2. The molecular weight excluding hydrogens is 320 g/mol. The van der Waals surface area contributed by atoms with Gasteiger partial charge in [-0.2, -0.15) is 0 Å². The second-order valence-electron chi connectivity index (χ2n) is 7.88. The van der Waals surface area contributed by atoms with Crippen LogP contribution in [0.15, 0.2) is 0 Å². The van der Waals surface area contributed by atoms with Crippen molar-refractivity contribution < 1.29 is 23.7 Å². The van der Waals surface area contributed by atoms with Crippen LogP contribution in [0.3, 0.4) is 0 Å². The third kappa shape index (κ3) is 4.22. The van der Waals surface area contributed by atoms with Crippen molar-refractivity contribution in [3.8, 4) is 0 Å². The molecule has 4 unspecified atom stereocenters. The van der Waals surface area contributed by atoms with Gasteiger partial charge in [0.2, 0.25) is 0 Å². The molecule has 148 valence electrons. The predicted octanol–water partition coefficient (Wildman–Crippen LogP) is 3.85. The van der Waals surface area contributed by atoms with Crippen LogP contribution in [0, 0.1) is 23.7 Å². The Bertz CT molecular complexity index is 400. The van der Waals surface area contributed by atoms with Gasteiger partial charge in [0.25, 0.3) is 0 Å². The molecule has 0 aromatic rings. The maximum absolute atomic E-state index is 6.56. The molecule has 5 heteroatoms. The molecule has 0 aliphatic carbocycles. The molecule has 0 spiro atoms. The van der Waals surface area contributed by atoms with Crippen molar-refractivity contribution in [3.63, 3.8) is 0 Å². The van der Waals surface area contributed by atoms with Gasteiger partial charge in [0.15, 0.2) is 12.6 Å². The zero-order chi connectivity index (χ0) is 18.7. The molecule has 0 bridgehead atoms. The Morgan fingerprint density at radius 1 is 0.640 bits per heavy atom. The molecule has 2 aliphatic rings. The van der Waals surface area contributed by atoms with Crippen molar-refractivity contribution in [1.29, 1.82) is 0 Å². The summed E-state index contributed by atoms with van der Waals surface area (Å²) < 4.78 is 30.3. The van der Waals surface area contributed by atoms with Gasteiger partial charge in [0.05, 0.1) is 24.4 Å². The monoisotopic (exact) mass is 358 g/mol. The number of ether oxygens (including phenoxy) is 5. The molecule has 10 atom stereocenters. The summed E-state index contributed by atoms with van der Waals surface area (Å²) in [6, 6.07) is 0. The van der Waals surface area contributed by atoms with E-state index in [1.165, 1.54) is 0 Å². The Hall–Kier alpha value is -0.200. The lowest BCUT2D eigenvalue weighted by Crippen LogP contribution is -2.56. The van der Waals surface area contributed by atoms with Gasteiger partial charge in [-0.25, -0.2) is 0 Å². The van der Waals surface area contributed by atoms with Gasteiger partial charge in [0, 0.05) is 26.1 Å². The molecule has 2 fully saturated rings. The Balaban J connectivity index is 2.13. The van der Waals surface area contributed by atoms with Crippen LogP contribution in [-0.2, 0) is 23.7 Å². The topological polar surface area (TPSA) is 46.2 Å². The molecule has 2 saturated heterocycles. The Morgan fingerprint density at radius 2 is 1.12 bits per heavy atom. The second kappa shape index (κ2) is 9.14. The minimum absolute atomic E-state index is 0.0163. The zero-order valence-corrected chi connectivity index (χ0v) is 17.2. The van der Waals surface area contributed by atoms with E-state index in [9.17, 15) is 0 Å². The fourth-order valence-electron chi connectivity index (χ4n) is 4.33. The Kier molecular flexibility index (Phi) is 7.71. The third-order valence-electron chi connectivity index (χ3n) is 6.50. The first-order valence-electron chi connectivity index (χ1n) is 9.91. The van der Waals surface area contributed by atoms with E-state index in [1.54, 1.807) is 14.2 Å². The van der Waals surface area contributed by atoms with Crippen LogP contribution in [0.5, 0.6) is 0 Å². The number of rotatable bonds is 6. The molecule has 0 aromatic heterocycles. The van der Waals surface area contributed by atoms with E-state index in [1.807, 2.05) is 0 Å². The summed E-state index contributed by atoms with van der Waals surface area (Å²) in [7, 11) is 3.49. The van der Waals surface area contributed by atoms with E-state index >= 15 is 0 Å². The summed E-state index contributed by atoms with van der Waals surface area (Å²) in [5.41, 5.74) is 0. The summed E-state index contributed by atoms with van der Waals surface area (Å²) >= 11 is 0. The Morgan fingerprint density at radius 3 is 1.64 bits per heavy atom. The minimum Gasteiger partial charge on any atom is -0.378 e. The van der Waals surface area contributed by atoms with Crippen LogP contribution in [0.4, 0.5) is 0 Å². The largest absolute Gasteiger partial charge is 0.378 e. The number of hydrogen-bond acceptors (Lipinski definition) is 5. The summed E-state index contributed by atoms with van der Waals surface area (Å²) in [4.78, 5) is 0. The highest BCUT2D eigenvalue weighted by Gasteiger charge is 2.47. The highest BCUT2D eigenvalue weighted by atomic mass is 16.7. The van der Waals surface area contributed by atoms with Gasteiger partial charge in [-0.15, -0.1) is 0 Å². The third-order valence-corrected chi connectivity index (χ3v) is 6.50. The molecule has 5 nitrogen and oxygen atoms in total. The number of methoxy groups -OCH3 is 2. The van der Waals surface area contributed by atoms with E-state index in [0.717, 1.165) is 12.8 Å². The first kappa shape index (κ1) is 21.1. The average Bonchev–Trinajstić information content (AvgIpc) is 2.62. The lowest BCUT2D eigenvalue weighted by atomic mass is 9.82. The van der Waals surface area contributed by atoms with Crippen LogP contribution < -0.4 is 0 Å². The maximum atomic E-state index is 6.56. The SMILES string of the molecule is CCC1O[C@@H](O[C@H]2C(C)C(C)[C@H](OC)O[C@H]2CC)C(C)[C@@H](C)[C@@H]1OC. The van der Waals surface area contributed by atoms with Crippen molar-refractivity contribution in [3.05, 3.63) is 0 Å². The van der Waals surface area contributed by atoms with E-state index in [-0.39, 0.29) is 48.8 Å². The molecule has 2 heterocycles. The summed E-state index contributed by atoms with van der Waals surface area (Å²) in [6.45, 7) is 13.1. The molecule has 0 saturated carbocycles. The standard InChI is InChI=1S/C20H38O5/c1-9-15-17(21-7)11(3)14(6)20(24-15)25-18-12(4)13(5)19(22-8)23-16(18)10-2/h11-20H,9-10H2,1-8H3/t11-,12?,13?,14?,15?,16+,17+,18+,19-,20+/m1/s1. The highest BCUT2D eigenvalue weighted by Crippen LogP contribution is 2.39. The molecule has 2 rings (SSSR count). The van der Waals surface area contributed by atoms with Crippen LogP contribution in [-0.4, -0.2) is 51.2 Å². The van der Waals surface area contributed by atoms with Crippen LogP contribution in [0.1, 0.15) is 54.4 Å². The van der Waals surface area contributed by atoms with Crippen LogP contribution in [0.25, 0.3) is 0 Å². The van der Waals surface area contributed by atoms with Gasteiger partial charge in [0.1, 0.15) is 0 Å². The smallest absolute Gasteiger partial charge is 0.161 e. The molecule has 0 aromatic carbocycles. The Labute approximate surface area is 153 Å². The van der Waals surface area contributed by atoms with Gasteiger partial charge in [-0.1, -0.05) is 41.5 Å². The van der Waals surface area contributed by atoms with E-state index in [2.05, 4.69) is 41.5 Å². The minimum atomic E-state index is -0.220. The van der Waals surface area contributed by atoms with Gasteiger partial charge in [-0.05, 0) is 24.7 Å². The maximum Gasteiger partial charge on any atom is 0.161 e.